The van der Waals surface area contributed by atoms with Crippen molar-refractivity contribution in [2.45, 2.75) is 5.82 Å². The minimum Gasteiger partial charge on any atom is -0.369 e. The van der Waals surface area contributed by atoms with Crippen LogP contribution in [-0.4, -0.2) is 26.2 Å². The fraction of sp³-hybridized carbons (Fsp3) is 0.600. The molecule has 1 aliphatic heterocycles. The Kier molecular flexibility index (Phi) is 1.65. The van der Waals surface area contributed by atoms with Crippen molar-refractivity contribution < 1.29 is 9.59 Å². The van der Waals surface area contributed by atoms with Gasteiger partial charge in [-0.05, 0) is 5.82 Å². The summed E-state index contributed by atoms with van der Waals surface area (Å²) in [6.45, 7) is 0.340. The molecule has 1 heterocycles. The third kappa shape index (κ3) is 0.986. The molecule has 3 N–H and O–H groups in total. The number of carbonyl (C=O) groups is 2. The molecule has 52 valence electrons. The molecular formula is C5H7BN2O2. The molecule has 0 aliphatic carbocycles. The second-order valence-corrected chi connectivity index (χ2v) is 2.29. The summed E-state index contributed by atoms with van der Waals surface area (Å²) in [5.41, 5.74) is 4.90. The van der Waals surface area contributed by atoms with E-state index in [9.17, 15) is 9.59 Å². The van der Waals surface area contributed by atoms with Crippen LogP contribution in [0.1, 0.15) is 0 Å². The van der Waals surface area contributed by atoms with Gasteiger partial charge in [-0.2, -0.15) is 0 Å². The minimum absolute atomic E-state index is 0.340. The van der Waals surface area contributed by atoms with Crippen molar-refractivity contribution >= 4 is 19.7 Å². The number of nitrogens with one attached hydrogen (secondary N) is 1. The van der Waals surface area contributed by atoms with Crippen molar-refractivity contribution in [1.29, 1.82) is 0 Å². The Morgan fingerprint density at radius 1 is 1.80 bits per heavy atom. The van der Waals surface area contributed by atoms with Gasteiger partial charge in [0.1, 0.15) is 5.92 Å². The van der Waals surface area contributed by atoms with Gasteiger partial charge in [-0.25, -0.2) is 0 Å². The Morgan fingerprint density at radius 2 is 2.40 bits per heavy atom. The monoisotopic (exact) mass is 138 g/mol. The van der Waals surface area contributed by atoms with Crippen LogP contribution in [0.15, 0.2) is 0 Å². The van der Waals surface area contributed by atoms with Crippen LogP contribution in [0.25, 0.3) is 0 Å². The smallest absolute Gasteiger partial charge is 0.232 e. The molecule has 1 saturated heterocycles. The normalized spacial score (nSPS) is 31.8. The van der Waals surface area contributed by atoms with E-state index < -0.39 is 17.6 Å². The standard InChI is InChI=1S/C5H7BN2O2/c6-2-1-8-5(10)3(2)4(7)9/h2-3H,1H2,(H2,7,9)(H,8,10). The van der Waals surface area contributed by atoms with E-state index in [2.05, 4.69) is 5.32 Å². The third-order valence-electron chi connectivity index (χ3n) is 1.53. The van der Waals surface area contributed by atoms with Crippen molar-refractivity contribution in [3.05, 3.63) is 0 Å². The Hall–Kier alpha value is -0.995. The zero-order chi connectivity index (χ0) is 7.72. The lowest BCUT2D eigenvalue weighted by molar-refractivity contribution is -0.131. The van der Waals surface area contributed by atoms with E-state index >= 15 is 0 Å². The zero-order valence-corrected chi connectivity index (χ0v) is 5.33. The highest BCUT2D eigenvalue weighted by atomic mass is 16.2. The second-order valence-electron chi connectivity index (χ2n) is 2.29. The predicted octanol–water partition coefficient (Wildman–Crippen LogP) is -1.83. The van der Waals surface area contributed by atoms with Gasteiger partial charge in [0, 0.05) is 6.54 Å². The maximum Gasteiger partial charge on any atom is 0.232 e. The number of carbonyl (C=O) groups excluding carboxylic acids is 2. The number of nitrogens with two attached hydrogens (primary N) is 1. The van der Waals surface area contributed by atoms with Crippen molar-refractivity contribution in [3.63, 3.8) is 0 Å². The Labute approximate surface area is 59.6 Å². The molecule has 0 aromatic heterocycles. The summed E-state index contributed by atoms with van der Waals surface area (Å²) < 4.78 is 0. The van der Waals surface area contributed by atoms with Gasteiger partial charge in [-0.15, -0.1) is 0 Å². The maximum atomic E-state index is 10.7. The average Bonchev–Trinajstić information content (AvgIpc) is 2.11. The van der Waals surface area contributed by atoms with E-state index in [1.807, 2.05) is 0 Å². The lowest BCUT2D eigenvalue weighted by atomic mass is 9.78. The first-order valence-corrected chi connectivity index (χ1v) is 2.95. The zero-order valence-electron chi connectivity index (χ0n) is 5.33. The van der Waals surface area contributed by atoms with Crippen LogP contribution in [0.2, 0.25) is 5.82 Å². The third-order valence-corrected chi connectivity index (χ3v) is 1.53. The van der Waals surface area contributed by atoms with Crippen molar-refractivity contribution in [2.24, 2.45) is 11.7 Å². The van der Waals surface area contributed by atoms with Crippen LogP contribution in [0, 0.1) is 5.92 Å². The highest BCUT2D eigenvalue weighted by molar-refractivity contribution is 6.19. The van der Waals surface area contributed by atoms with Gasteiger partial charge in [0.25, 0.3) is 0 Å². The highest BCUT2D eigenvalue weighted by Gasteiger charge is 2.35. The molecule has 0 bridgehead atoms. The lowest BCUT2D eigenvalue weighted by Crippen LogP contribution is -2.31. The molecule has 5 heteroatoms. The minimum atomic E-state index is -0.833. The van der Waals surface area contributed by atoms with E-state index in [0.717, 1.165) is 0 Å². The van der Waals surface area contributed by atoms with E-state index in [-0.39, 0.29) is 5.91 Å². The van der Waals surface area contributed by atoms with Crippen LogP contribution >= 0.6 is 0 Å². The second kappa shape index (κ2) is 2.32. The maximum absolute atomic E-state index is 10.7. The van der Waals surface area contributed by atoms with Gasteiger partial charge in [-0.3, -0.25) is 9.59 Å². The Bertz CT molecular complexity index is 182. The number of amides is 2. The summed E-state index contributed by atoms with van der Waals surface area (Å²) in [5.74, 6) is -2.30. The Morgan fingerprint density at radius 3 is 2.60 bits per heavy atom. The van der Waals surface area contributed by atoms with Crippen molar-refractivity contribution in [1.82, 2.24) is 5.32 Å². The van der Waals surface area contributed by atoms with E-state index in [4.69, 9.17) is 13.6 Å². The van der Waals surface area contributed by atoms with Crippen LogP contribution in [-0.2, 0) is 9.59 Å². The number of hydrogen-bond acceptors (Lipinski definition) is 2. The summed E-state index contributed by atoms with van der Waals surface area (Å²) in [5, 5.41) is 2.44. The van der Waals surface area contributed by atoms with Gasteiger partial charge in [0.15, 0.2) is 0 Å². The summed E-state index contributed by atoms with van der Waals surface area (Å²) in [6.07, 6.45) is 0. The van der Waals surface area contributed by atoms with E-state index in [0.29, 0.717) is 6.54 Å². The number of rotatable bonds is 1. The molecule has 0 aromatic rings. The highest BCUT2D eigenvalue weighted by Crippen LogP contribution is 2.18. The van der Waals surface area contributed by atoms with Gasteiger partial charge in [0.05, 0.1) is 7.85 Å². The van der Waals surface area contributed by atoms with Crippen LogP contribution in [0.4, 0.5) is 0 Å². The van der Waals surface area contributed by atoms with Crippen LogP contribution in [0.3, 0.4) is 0 Å². The summed E-state index contributed by atoms with van der Waals surface area (Å²) in [6, 6.07) is 0. The largest absolute Gasteiger partial charge is 0.369 e. The van der Waals surface area contributed by atoms with Gasteiger partial charge in [0.2, 0.25) is 11.8 Å². The molecule has 1 rings (SSSR count). The molecule has 0 saturated carbocycles. The molecule has 10 heavy (non-hydrogen) atoms. The molecule has 4 nitrogen and oxygen atoms in total. The van der Waals surface area contributed by atoms with E-state index in [1.54, 1.807) is 0 Å². The average molecular weight is 138 g/mol. The molecular weight excluding hydrogens is 131 g/mol. The first-order valence-electron chi connectivity index (χ1n) is 2.95. The molecule has 2 atom stereocenters. The molecule has 2 radical (unpaired) electrons. The molecule has 0 aromatic carbocycles. The summed E-state index contributed by atoms with van der Waals surface area (Å²) >= 11 is 0. The number of primary amides is 1. The van der Waals surface area contributed by atoms with Crippen LogP contribution in [0.5, 0.6) is 0 Å². The lowest BCUT2D eigenvalue weighted by Gasteiger charge is -2.05. The fourth-order valence-corrected chi connectivity index (χ4v) is 0.981. The summed E-state index contributed by atoms with van der Waals surface area (Å²) in [7, 11) is 5.39. The fourth-order valence-electron chi connectivity index (χ4n) is 0.981. The summed E-state index contributed by atoms with van der Waals surface area (Å²) in [4.78, 5) is 21.2. The van der Waals surface area contributed by atoms with Crippen molar-refractivity contribution in [2.75, 3.05) is 6.54 Å². The quantitative estimate of drug-likeness (QED) is 0.330. The topological polar surface area (TPSA) is 72.2 Å². The van der Waals surface area contributed by atoms with Gasteiger partial charge >= 0.3 is 0 Å². The van der Waals surface area contributed by atoms with Crippen molar-refractivity contribution in [3.8, 4) is 0 Å². The number of hydrogen-bond donors (Lipinski definition) is 2. The first-order chi connectivity index (χ1) is 4.63. The Balaban J connectivity index is 2.72. The predicted molar refractivity (Wildman–Crippen MR) is 35.2 cm³/mol. The van der Waals surface area contributed by atoms with Gasteiger partial charge in [-0.1, -0.05) is 0 Å². The van der Waals surface area contributed by atoms with Crippen LogP contribution < -0.4 is 11.1 Å². The molecule has 2 amide bonds. The molecule has 2 unspecified atom stereocenters. The molecule has 1 aliphatic rings. The first kappa shape index (κ1) is 7.12. The van der Waals surface area contributed by atoms with E-state index in [1.165, 1.54) is 0 Å². The van der Waals surface area contributed by atoms with Gasteiger partial charge < -0.3 is 11.1 Å². The SMILES string of the molecule is [B]C1CNC(=O)C1C(N)=O. The molecule has 0 spiro atoms. The molecule has 1 fully saturated rings.